The first kappa shape index (κ1) is 21.3. The molecule has 7 nitrogen and oxygen atoms in total. The molecule has 3 rings (SSSR count). The number of sulfonamides is 1. The van der Waals surface area contributed by atoms with Gasteiger partial charge in [-0.3, -0.25) is 0 Å². The van der Waals surface area contributed by atoms with Crippen molar-refractivity contribution in [1.29, 1.82) is 0 Å². The van der Waals surface area contributed by atoms with Crippen molar-refractivity contribution in [3.63, 3.8) is 0 Å². The third kappa shape index (κ3) is 4.77. The average molecular weight is 436 g/mol. The highest BCUT2D eigenvalue weighted by Crippen LogP contribution is 2.30. The van der Waals surface area contributed by atoms with Gasteiger partial charge in [-0.25, -0.2) is 8.42 Å². The van der Waals surface area contributed by atoms with Crippen molar-refractivity contribution in [3.8, 4) is 17.1 Å². The van der Waals surface area contributed by atoms with E-state index in [9.17, 15) is 8.42 Å². The molecular formula is C20H22ClN3O4S. The number of ether oxygens (including phenoxy) is 1. The summed E-state index contributed by atoms with van der Waals surface area (Å²) in [6.45, 7) is 4.11. The molecule has 0 unspecified atom stereocenters. The smallest absolute Gasteiger partial charge is 0.247 e. The molecule has 0 aliphatic rings. The van der Waals surface area contributed by atoms with E-state index < -0.39 is 10.0 Å². The van der Waals surface area contributed by atoms with Crippen LogP contribution in [0.15, 0.2) is 51.9 Å². The molecule has 154 valence electrons. The first-order valence-electron chi connectivity index (χ1n) is 9.08. The molecule has 2 aromatic carbocycles. The Balaban J connectivity index is 1.91. The molecule has 0 aliphatic heterocycles. The van der Waals surface area contributed by atoms with Gasteiger partial charge in [0.1, 0.15) is 10.6 Å². The Labute approximate surface area is 175 Å². The standard InChI is InChI=1S/C20H22ClN3O4S/c1-4-11-24(29(25,26)18-12-16(21)9-10-17(18)27-3)13-19-22-20(23-28-19)15-7-5-14(2)6-8-15/h5-10,12H,4,11,13H2,1-3H3. The van der Waals surface area contributed by atoms with Gasteiger partial charge < -0.3 is 9.26 Å². The van der Waals surface area contributed by atoms with Crippen LogP contribution in [0.2, 0.25) is 5.02 Å². The van der Waals surface area contributed by atoms with Gasteiger partial charge in [-0.05, 0) is 31.5 Å². The predicted octanol–water partition coefficient (Wildman–Crippen LogP) is 4.31. The Morgan fingerprint density at radius 2 is 1.90 bits per heavy atom. The minimum Gasteiger partial charge on any atom is -0.495 e. The minimum atomic E-state index is -3.89. The van der Waals surface area contributed by atoms with Gasteiger partial charge in [0.05, 0.1) is 13.7 Å². The number of nitrogens with zero attached hydrogens (tertiary/aromatic N) is 3. The van der Waals surface area contributed by atoms with Crippen LogP contribution in [-0.2, 0) is 16.6 Å². The maximum atomic E-state index is 13.3. The lowest BCUT2D eigenvalue weighted by Gasteiger charge is -2.21. The van der Waals surface area contributed by atoms with Gasteiger partial charge >= 0.3 is 0 Å². The normalized spacial score (nSPS) is 11.8. The fraction of sp³-hybridized carbons (Fsp3) is 0.300. The van der Waals surface area contributed by atoms with Crippen LogP contribution in [0.3, 0.4) is 0 Å². The quantitative estimate of drug-likeness (QED) is 0.524. The molecule has 0 radical (unpaired) electrons. The molecule has 29 heavy (non-hydrogen) atoms. The lowest BCUT2D eigenvalue weighted by Crippen LogP contribution is -2.31. The first-order valence-corrected chi connectivity index (χ1v) is 10.9. The fourth-order valence-electron chi connectivity index (χ4n) is 2.81. The molecule has 0 saturated carbocycles. The van der Waals surface area contributed by atoms with Gasteiger partial charge in [0.2, 0.25) is 21.7 Å². The number of rotatable bonds is 8. The number of methoxy groups -OCH3 is 1. The van der Waals surface area contributed by atoms with E-state index in [0.717, 1.165) is 11.1 Å². The SMILES string of the molecule is CCCN(Cc1nc(-c2ccc(C)cc2)no1)S(=O)(=O)c1cc(Cl)ccc1OC. The summed E-state index contributed by atoms with van der Waals surface area (Å²) in [6.07, 6.45) is 0.612. The summed E-state index contributed by atoms with van der Waals surface area (Å²) in [4.78, 5) is 4.36. The van der Waals surface area contributed by atoms with Crippen molar-refractivity contribution < 1.29 is 17.7 Å². The van der Waals surface area contributed by atoms with Crippen LogP contribution in [0.5, 0.6) is 5.75 Å². The number of aryl methyl sites for hydroxylation is 1. The largest absolute Gasteiger partial charge is 0.495 e. The second kappa shape index (κ2) is 8.94. The van der Waals surface area contributed by atoms with Crippen LogP contribution in [0.4, 0.5) is 0 Å². The van der Waals surface area contributed by atoms with Crippen LogP contribution in [0, 0.1) is 6.92 Å². The summed E-state index contributed by atoms with van der Waals surface area (Å²) >= 11 is 6.02. The number of halogens is 1. The van der Waals surface area contributed by atoms with Gasteiger partial charge in [0, 0.05) is 17.1 Å². The van der Waals surface area contributed by atoms with Gasteiger partial charge in [-0.2, -0.15) is 9.29 Å². The lowest BCUT2D eigenvalue weighted by molar-refractivity contribution is 0.314. The third-order valence-corrected chi connectivity index (χ3v) is 6.41. The van der Waals surface area contributed by atoms with E-state index in [1.807, 2.05) is 38.1 Å². The maximum Gasteiger partial charge on any atom is 0.247 e. The van der Waals surface area contributed by atoms with Crippen molar-refractivity contribution >= 4 is 21.6 Å². The van der Waals surface area contributed by atoms with Crippen LogP contribution >= 0.6 is 11.6 Å². The zero-order valence-electron chi connectivity index (χ0n) is 16.4. The summed E-state index contributed by atoms with van der Waals surface area (Å²) in [5, 5.41) is 4.28. The van der Waals surface area contributed by atoms with Crippen molar-refractivity contribution in [3.05, 3.63) is 58.9 Å². The summed E-state index contributed by atoms with van der Waals surface area (Å²) < 4.78 is 38.4. The van der Waals surface area contributed by atoms with Crippen LogP contribution < -0.4 is 4.74 Å². The second-order valence-corrected chi connectivity index (χ2v) is 8.85. The number of hydrogen-bond donors (Lipinski definition) is 0. The van der Waals surface area contributed by atoms with Crippen molar-refractivity contribution in [2.75, 3.05) is 13.7 Å². The molecule has 9 heteroatoms. The average Bonchev–Trinajstić information content (AvgIpc) is 3.17. The zero-order chi connectivity index (χ0) is 21.0. The topological polar surface area (TPSA) is 85.5 Å². The van der Waals surface area contributed by atoms with E-state index in [1.165, 1.54) is 23.5 Å². The molecule has 0 aliphatic carbocycles. The van der Waals surface area contributed by atoms with Gasteiger partial charge in [-0.15, -0.1) is 0 Å². The van der Waals surface area contributed by atoms with Crippen LogP contribution in [0.1, 0.15) is 24.8 Å². The predicted molar refractivity (Wildman–Crippen MR) is 110 cm³/mol. The summed E-state index contributed by atoms with van der Waals surface area (Å²) in [5.74, 6) is 0.842. The maximum absolute atomic E-state index is 13.3. The minimum absolute atomic E-state index is 0.000719. The van der Waals surface area contributed by atoms with Crippen molar-refractivity contribution in [2.24, 2.45) is 0 Å². The molecule has 3 aromatic rings. The van der Waals surface area contributed by atoms with E-state index in [0.29, 0.717) is 17.3 Å². The van der Waals surface area contributed by atoms with Gasteiger partial charge in [-0.1, -0.05) is 53.5 Å². The fourth-order valence-corrected chi connectivity index (χ4v) is 4.71. The lowest BCUT2D eigenvalue weighted by atomic mass is 10.1. The van der Waals surface area contributed by atoms with E-state index >= 15 is 0 Å². The Morgan fingerprint density at radius 1 is 1.17 bits per heavy atom. The van der Waals surface area contributed by atoms with E-state index in [2.05, 4.69) is 10.1 Å². The second-order valence-electron chi connectivity index (χ2n) is 6.51. The van der Waals surface area contributed by atoms with E-state index in [4.69, 9.17) is 20.9 Å². The molecule has 0 amide bonds. The summed E-state index contributed by atoms with van der Waals surface area (Å²) in [5.41, 5.74) is 1.92. The van der Waals surface area contributed by atoms with Gasteiger partial charge in [0.15, 0.2) is 0 Å². The molecular weight excluding hydrogens is 414 g/mol. The molecule has 0 spiro atoms. The van der Waals surface area contributed by atoms with E-state index in [-0.39, 0.29) is 29.6 Å². The molecule has 0 fully saturated rings. The van der Waals surface area contributed by atoms with E-state index in [1.54, 1.807) is 6.07 Å². The van der Waals surface area contributed by atoms with Crippen molar-refractivity contribution in [2.45, 2.75) is 31.7 Å². The third-order valence-electron chi connectivity index (χ3n) is 4.31. The molecule has 0 atom stereocenters. The number of hydrogen-bond acceptors (Lipinski definition) is 6. The Hall–Kier alpha value is -2.42. The highest BCUT2D eigenvalue weighted by Gasteiger charge is 2.29. The Kier molecular flexibility index (Phi) is 6.56. The highest BCUT2D eigenvalue weighted by molar-refractivity contribution is 7.89. The van der Waals surface area contributed by atoms with Crippen LogP contribution in [-0.4, -0.2) is 36.5 Å². The molecule has 0 bridgehead atoms. The first-order chi connectivity index (χ1) is 13.8. The van der Waals surface area contributed by atoms with Crippen molar-refractivity contribution in [1.82, 2.24) is 14.4 Å². The van der Waals surface area contributed by atoms with Crippen LogP contribution in [0.25, 0.3) is 11.4 Å². The number of aromatic nitrogens is 2. The molecule has 1 heterocycles. The molecule has 0 N–H and O–H groups in total. The molecule has 0 saturated heterocycles. The number of benzene rings is 2. The van der Waals surface area contributed by atoms with Gasteiger partial charge in [0.25, 0.3) is 0 Å². The molecule has 1 aromatic heterocycles. The summed E-state index contributed by atoms with van der Waals surface area (Å²) in [7, 11) is -2.48. The monoisotopic (exact) mass is 435 g/mol. The highest BCUT2D eigenvalue weighted by atomic mass is 35.5. The summed E-state index contributed by atoms with van der Waals surface area (Å²) in [6, 6.07) is 12.2. The zero-order valence-corrected chi connectivity index (χ0v) is 18.0. The Morgan fingerprint density at radius 3 is 2.55 bits per heavy atom. The Bertz CT molecular complexity index is 1080.